The molecule has 134 valence electrons. The average molecular weight is 383 g/mol. The van der Waals surface area contributed by atoms with E-state index < -0.39 is 9.84 Å². The molecule has 1 fully saturated rings. The highest BCUT2D eigenvalue weighted by molar-refractivity contribution is 7.91. The number of halogens is 1. The molecule has 1 aromatic carbocycles. The predicted octanol–water partition coefficient (Wildman–Crippen LogP) is 2.16. The highest BCUT2D eigenvalue weighted by atomic mass is 35.5. The maximum Gasteiger partial charge on any atom is 0.323 e. The molecule has 0 aliphatic carbocycles. The zero-order chi connectivity index (χ0) is 18.0. The number of nitrogens with zero attached hydrogens (tertiary/aromatic N) is 3. The Hall–Kier alpha value is -2.06. The van der Waals surface area contributed by atoms with Gasteiger partial charge in [0.15, 0.2) is 9.84 Å². The summed E-state index contributed by atoms with van der Waals surface area (Å²) in [6, 6.07) is 7.11. The van der Waals surface area contributed by atoms with Crippen molar-refractivity contribution in [2.24, 2.45) is 0 Å². The summed E-state index contributed by atoms with van der Waals surface area (Å²) >= 11 is 5.90. The van der Waals surface area contributed by atoms with Crippen molar-refractivity contribution < 1.29 is 13.2 Å². The molecule has 1 aliphatic rings. The van der Waals surface area contributed by atoms with Crippen molar-refractivity contribution in [2.45, 2.75) is 13.5 Å². The SMILES string of the molecule is Cc1cnn(Cc2ccc(Cl)cc2)c1NC(=O)N1CCS(=O)(=O)CC1. The molecule has 0 radical (unpaired) electrons. The summed E-state index contributed by atoms with van der Waals surface area (Å²) in [7, 11) is -3.02. The monoisotopic (exact) mass is 382 g/mol. The summed E-state index contributed by atoms with van der Waals surface area (Å²) in [4.78, 5) is 14.0. The van der Waals surface area contributed by atoms with Gasteiger partial charge in [0.1, 0.15) is 5.82 Å². The maximum absolute atomic E-state index is 12.4. The van der Waals surface area contributed by atoms with E-state index in [0.29, 0.717) is 17.4 Å². The Kier molecular flexibility index (Phi) is 5.01. The summed E-state index contributed by atoms with van der Waals surface area (Å²) < 4.78 is 24.7. The molecule has 25 heavy (non-hydrogen) atoms. The molecule has 0 saturated carbocycles. The first-order chi connectivity index (χ1) is 11.8. The molecule has 2 aromatic rings. The van der Waals surface area contributed by atoms with E-state index in [0.717, 1.165) is 11.1 Å². The Morgan fingerprint density at radius 3 is 2.52 bits per heavy atom. The number of hydrogen-bond donors (Lipinski definition) is 1. The minimum Gasteiger partial charge on any atom is -0.322 e. The molecule has 0 atom stereocenters. The summed E-state index contributed by atoms with van der Waals surface area (Å²) in [5, 5.41) is 7.82. The molecular formula is C16H19ClN4O3S. The number of urea groups is 1. The highest BCUT2D eigenvalue weighted by Crippen LogP contribution is 2.18. The van der Waals surface area contributed by atoms with Gasteiger partial charge in [-0.25, -0.2) is 17.9 Å². The minimum atomic E-state index is -3.02. The average Bonchev–Trinajstić information content (AvgIpc) is 2.90. The van der Waals surface area contributed by atoms with Gasteiger partial charge in [-0.2, -0.15) is 5.10 Å². The standard InChI is InChI=1S/C16H19ClN4O3S/c1-12-10-18-21(11-13-2-4-14(17)5-3-13)15(12)19-16(22)20-6-8-25(23,24)9-7-20/h2-5,10H,6-9,11H2,1H3,(H,19,22). The lowest BCUT2D eigenvalue weighted by molar-refractivity contribution is 0.216. The molecule has 9 heteroatoms. The Morgan fingerprint density at radius 2 is 1.88 bits per heavy atom. The normalized spacial score (nSPS) is 16.6. The van der Waals surface area contributed by atoms with Crippen molar-refractivity contribution in [1.82, 2.24) is 14.7 Å². The van der Waals surface area contributed by atoms with Gasteiger partial charge in [0.25, 0.3) is 0 Å². The van der Waals surface area contributed by atoms with Crippen LogP contribution in [0.3, 0.4) is 0 Å². The van der Waals surface area contributed by atoms with Crippen LogP contribution >= 0.6 is 11.6 Å². The molecule has 3 rings (SSSR count). The van der Waals surface area contributed by atoms with Crippen LogP contribution in [0.4, 0.5) is 10.6 Å². The number of sulfone groups is 1. The number of rotatable bonds is 3. The third-order valence-electron chi connectivity index (χ3n) is 4.12. The molecule has 0 unspecified atom stereocenters. The van der Waals surface area contributed by atoms with E-state index in [2.05, 4.69) is 10.4 Å². The van der Waals surface area contributed by atoms with Crippen LogP contribution in [0.15, 0.2) is 30.5 Å². The lowest BCUT2D eigenvalue weighted by Gasteiger charge is -2.27. The zero-order valence-electron chi connectivity index (χ0n) is 13.8. The van der Waals surface area contributed by atoms with E-state index >= 15 is 0 Å². The minimum absolute atomic E-state index is 0.00341. The number of nitrogens with one attached hydrogen (secondary N) is 1. The van der Waals surface area contributed by atoms with Crippen molar-refractivity contribution in [3.63, 3.8) is 0 Å². The summed E-state index contributed by atoms with van der Waals surface area (Å²) in [5.74, 6) is 0.612. The van der Waals surface area contributed by atoms with Crippen LogP contribution in [-0.2, 0) is 16.4 Å². The van der Waals surface area contributed by atoms with Crippen LogP contribution < -0.4 is 5.32 Å². The fourth-order valence-corrected chi connectivity index (χ4v) is 3.95. The van der Waals surface area contributed by atoms with Crippen LogP contribution in [0.25, 0.3) is 0 Å². The lowest BCUT2D eigenvalue weighted by Crippen LogP contribution is -2.45. The molecular weight excluding hydrogens is 364 g/mol. The molecule has 1 aromatic heterocycles. The number of aryl methyl sites for hydroxylation is 1. The summed E-state index contributed by atoms with van der Waals surface area (Å²) in [6.45, 7) is 2.77. The van der Waals surface area contributed by atoms with Crippen molar-refractivity contribution >= 4 is 33.3 Å². The number of carbonyl (C=O) groups is 1. The predicted molar refractivity (Wildman–Crippen MR) is 96.8 cm³/mol. The largest absolute Gasteiger partial charge is 0.323 e. The molecule has 0 spiro atoms. The molecule has 1 N–H and O–H groups in total. The Balaban J connectivity index is 1.71. The second kappa shape index (κ2) is 7.05. The van der Waals surface area contributed by atoms with Gasteiger partial charge in [-0.05, 0) is 24.6 Å². The number of amides is 2. The summed E-state index contributed by atoms with van der Waals surface area (Å²) in [6.07, 6.45) is 1.69. The third-order valence-corrected chi connectivity index (χ3v) is 5.99. The number of aromatic nitrogens is 2. The van der Waals surface area contributed by atoms with Gasteiger partial charge in [0, 0.05) is 23.7 Å². The quantitative estimate of drug-likeness (QED) is 0.881. The van der Waals surface area contributed by atoms with Crippen LogP contribution in [0.1, 0.15) is 11.1 Å². The van der Waals surface area contributed by atoms with Crippen LogP contribution in [0.2, 0.25) is 5.02 Å². The number of hydrogen-bond acceptors (Lipinski definition) is 4. The molecule has 1 saturated heterocycles. The first-order valence-corrected chi connectivity index (χ1v) is 10.1. The van der Waals surface area contributed by atoms with E-state index in [-0.39, 0.29) is 30.6 Å². The topological polar surface area (TPSA) is 84.3 Å². The van der Waals surface area contributed by atoms with Crippen LogP contribution in [-0.4, -0.2) is 53.7 Å². The maximum atomic E-state index is 12.4. The van der Waals surface area contributed by atoms with Gasteiger partial charge in [0.2, 0.25) is 0 Å². The van der Waals surface area contributed by atoms with Gasteiger partial charge in [-0.15, -0.1) is 0 Å². The Labute approximate surface area is 151 Å². The molecule has 2 amide bonds. The number of anilines is 1. The summed E-state index contributed by atoms with van der Waals surface area (Å²) in [5.41, 5.74) is 1.85. The molecule has 0 bridgehead atoms. The fourth-order valence-electron chi connectivity index (χ4n) is 2.62. The first-order valence-electron chi connectivity index (χ1n) is 7.87. The smallest absolute Gasteiger partial charge is 0.322 e. The second-order valence-corrected chi connectivity index (χ2v) is 8.77. The number of benzene rings is 1. The molecule has 2 heterocycles. The third kappa shape index (κ3) is 4.32. The van der Waals surface area contributed by atoms with Gasteiger partial charge in [-0.3, -0.25) is 5.32 Å². The van der Waals surface area contributed by atoms with Gasteiger partial charge in [0.05, 0.1) is 24.2 Å². The number of carbonyl (C=O) groups excluding carboxylic acids is 1. The van der Waals surface area contributed by atoms with Crippen LogP contribution in [0, 0.1) is 6.92 Å². The van der Waals surface area contributed by atoms with Gasteiger partial charge in [-0.1, -0.05) is 23.7 Å². The fraction of sp³-hybridized carbons (Fsp3) is 0.375. The molecule has 7 nitrogen and oxygen atoms in total. The highest BCUT2D eigenvalue weighted by Gasteiger charge is 2.25. The second-order valence-electron chi connectivity index (χ2n) is 6.03. The van der Waals surface area contributed by atoms with Gasteiger partial charge >= 0.3 is 6.03 Å². The van der Waals surface area contributed by atoms with Crippen molar-refractivity contribution in [1.29, 1.82) is 0 Å². The van der Waals surface area contributed by atoms with Crippen LogP contribution in [0.5, 0.6) is 0 Å². The van der Waals surface area contributed by atoms with Gasteiger partial charge < -0.3 is 4.90 Å². The first kappa shape index (κ1) is 17.8. The Bertz CT molecular complexity index is 863. The van der Waals surface area contributed by atoms with E-state index in [9.17, 15) is 13.2 Å². The van der Waals surface area contributed by atoms with Crippen molar-refractivity contribution in [2.75, 3.05) is 29.9 Å². The Morgan fingerprint density at radius 1 is 1.24 bits per heavy atom. The van der Waals surface area contributed by atoms with Crippen molar-refractivity contribution in [3.8, 4) is 0 Å². The zero-order valence-corrected chi connectivity index (χ0v) is 15.3. The van der Waals surface area contributed by atoms with E-state index in [1.54, 1.807) is 23.0 Å². The van der Waals surface area contributed by atoms with E-state index in [1.807, 2.05) is 19.1 Å². The lowest BCUT2D eigenvalue weighted by atomic mass is 10.2. The molecule has 1 aliphatic heterocycles. The van der Waals surface area contributed by atoms with E-state index in [1.165, 1.54) is 4.90 Å². The van der Waals surface area contributed by atoms with E-state index in [4.69, 9.17) is 11.6 Å². The van der Waals surface area contributed by atoms with Crippen molar-refractivity contribution in [3.05, 3.63) is 46.6 Å².